The molecule has 13 aromatic carbocycles. The molecule has 0 N–H and O–H groups in total. The highest BCUT2D eigenvalue weighted by atomic mass is 14.6. The fourth-order valence-corrected chi connectivity index (χ4v) is 15.8. The van der Waals surface area contributed by atoms with Gasteiger partial charge in [-0.2, -0.15) is 0 Å². The topological polar surface area (TPSA) is 0 Å². The summed E-state index contributed by atoms with van der Waals surface area (Å²) >= 11 is 0. The van der Waals surface area contributed by atoms with Gasteiger partial charge in [0.05, 0.1) is 10.8 Å². The van der Waals surface area contributed by atoms with Crippen LogP contribution in [0.2, 0.25) is 0 Å². The molecule has 15 rings (SSSR count). The molecule has 13 aromatic rings. The average Bonchev–Trinajstić information content (AvgIpc) is 1.48. The van der Waals surface area contributed by atoms with E-state index < -0.39 is 10.8 Å². The van der Waals surface area contributed by atoms with Gasteiger partial charge in [-0.05, 0) is 189 Å². The molecule has 0 aliphatic heterocycles. The fraction of sp³-hybridized carbons (Fsp3) is 0.196. The molecule has 0 heterocycles. The lowest BCUT2D eigenvalue weighted by atomic mass is 9.59. The lowest BCUT2D eigenvalue weighted by Gasteiger charge is -2.41. The van der Waals surface area contributed by atoms with E-state index in [-0.39, 0.29) is 21.7 Å². The summed E-state index contributed by atoms with van der Waals surface area (Å²) in [6, 6.07) is 109. The first-order valence-electron chi connectivity index (χ1n) is 33.2. The Morgan fingerprint density at radius 2 is 0.446 bits per heavy atom. The van der Waals surface area contributed by atoms with Gasteiger partial charge in [0.25, 0.3) is 0 Å². The molecule has 0 bridgehead atoms. The summed E-state index contributed by atoms with van der Waals surface area (Å²) in [6.07, 6.45) is 0. The fourth-order valence-electron chi connectivity index (χ4n) is 15.8. The van der Waals surface area contributed by atoms with Crippen LogP contribution in [0, 0.1) is 0 Å². The van der Waals surface area contributed by atoms with Crippen molar-refractivity contribution in [1.29, 1.82) is 0 Å². The number of hydrogen-bond donors (Lipinski definition) is 0. The van der Waals surface area contributed by atoms with Crippen molar-refractivity contribution in [3.8, 4) is 66.8 Å². The van der Waals surface area contributed by atoms with Gasteiger partial charge in [-0.25, -0.2) is 0 Å². The molecule has 0 saturated carbocycles. The Hall–Kier alpha value is -9.62. The Bertz CT molecular complexity index is 4520. The molecule has 0 nitrogen and oxygen atoms in total. The van der Waals surface area contributed by atoms with Crippen LogP contribution in [0.15, 0.2) is 279 Å². The molecule has 0 unspecified atom stereocenters. The third-order valence-corrected chi connectivity index (χ3v) is 20.7. The van der Waals surface area contributed by atoms with Gasteiger partial charge in [0, 0.05) is 0 Å². The highest BCUT2D eigenvalue weighted by molar-refractivity contribution is 6.14. The molecule has 0 fully saturated rings. The molecule has 0 saturated heterocycles. The maximum Gasteiger partial charge on any atom is 0.0717 e. The van der Waals surface area contributed by atoms with E-state index in [1.165, 1.54) is 155 Å². The molecule has 2 aliphatic carbocycles. The lowest BCUT2D eigenvalue weighted by Crippen LogP contribution is -2.36. The molecule has 0 aromatic heterocycles. The van der Waals surface area contributed by atoms with E-state index in [1.807, 2.05) is 0 Å². The lowest BCUT2D eigenvalue weighted by molar-refractivity contribution is 0.587. The van der Waals surface area contributed by atoms with E-state index >= 15 is 0 Å². The molecule has 0 heteroatoms. The van der Waals surface area contributed by atoms with Gasteiger partial charge in [0.15, 0.2) is 0 Å². The van der Waals surface area contributed by atoms with Crippen LogP contribution >= 0.6 is 0 Å². The van der Waals surface area contributed by atoms with Crippen molar-refractivity contribution in [1.82, 2.24) is 0 Å². The predicted octanol–water partition coefficient (Wildman–Crippen LogP) is 24.6. The SMILES string of the molecule is CC(C)(C)c1ccc(C2(c3ccc(C(C)(C)C)cc3)c3cc(-c4ccc(-c5ccccc5)cc4)c4ccccc4c3-c3ccc4c(c32)C(c2ccc(C(C)(C)C)cc2)(c2ccc(C(C)(C)C)cc2)c2cc(-c3ccc(-c5ccccc5)cc3)c3ccccc3c2-4)cc1. The number of rotatable bonds is 8. The van der Waals surface area contributed by atoms with Crippen LogP contribution < -0.4 is 0 Å². The number of hydrogen-bond acceptors (Lipinski definition) is 0. The maximum atomic E-state index is 2.63. The molecular formula is C92H82. The van der Waals surface area contributed by atoms with Gasteiger partial charge >= 0.3 is 0 Å². The van der Waals surface area contributed by atoms with E-state index in [2.05, 4.69) is 362 Å². The van der Waals surface area contributed by atoms with E-state index in [0.29, 0.717) is 0 Å². The zero-order chi connectivity index (χ0) is 63.7. The van der Waals surface area contributed by atoms with Crippen LogP contribution in [0.3, 0.4) is 0 Å². The van der Waals surface area contributed by atoms with Crippen LogP contribution in [0.5, 0.6) is 0 Å². The quantitative estimate of drug-likeness (QED) is 0.142. The predicted molar refractivity (Wildman–Crippen MR) is 393 cm³/mol. The standard InChI is InChI=1S/C92H82/c1-87(2,3)65-39-47-69(48-40-65)91(70-49-41-66(42-50-70)88(4,5)6)81-57-79(63-35-31-61(32-36-63)59-23-15-13-16-24-59)73-27-19-21-29-75(73)83(81)77-55-56-78-84-76-30-22-20-28-74(76)80(64-37-33-62(34-38-64)60-25-17-14-18-26-60)58-82(84)92(86(78)85(77)91,71-51-43-67(44-52-71)89(7,8)9)72-53-45-68(46-54-72)90(10,11)12/h13-58H,1-12H3. The first-order valence-corrected chi connectivity index (χ1v) is 33.2. The van der Waals surface area contributed by atoms with Crippen LogP contribution in [0.1, 0.15) is 150 Å². The summed E-state index contributed by atoms with van der Waals surface area (Å²) in [4.78, 5) is 0. The normalized spacial score (nSPS) is 14.0. The van der Waals surface area contributed by atoms with Gasteiger partial charge < -0.3 is 0 Å². The van der Waals surface area contributed by atoms with Crippen molar-refractivity contribution in [3.63, 3.8) is 0 Å². The Labute approximate surface area is 546 Å². The summed E-state index contributed by atoms with van der Waals surface area (Å²) in [5.41, 5.74) is 28.3. The largest absolute Gasteiger partial charge is 0.0717 e. The summed E-state index contributed by atoms with van der Waals surface area (Å²) in [5, 5.41) is 4.99. The summed E-state index contributed by atoms with van der Waals surface area (Å²) < 4.78 is 0. The van der Waals surface area contributed by atoms with E-state index in [9.17, 15) is 0 Å². The molecule has 0 spiro atoms. The third-order valence-electron chi connectivity index (χ3n) is 20.7. The van der Waals surface area contributed by atoms with Crippen molar-refractivity contribution in [2.24, 2.45) is 0 Å². The van der Waals surface area contributed by atoms with Crippen molar-refractivity contribution in [3.05, 3.63) is 346 Å². The molecular weight excluding hydrogens is 1110 g/mol. The first kappa shape index (κ1) is 58.7. The molecule has 2 aliphatic rings. The minimum absolute atomic E-state index is 0.0715. The second-order valence-corrected chi connectivity index (χ2v) is 30.4. The zero-order valence-corrected chi connectivity index (χ0v) is 55.6. The number of benzene rings is 13. The van der Waals surface area contributed by atoms with Crippen molar-refractivity contribution < 1.29 is 0 Å². The second-order valence-electron chi connectivity index (χ2n) is 30.4. The molecule has 92 heavy (non-hydrogen) atoms. The molecule has 450 valence electrons. The van der Waals surface area contributed by atoms with E-state index in [4.69, 9.17) is 0 Å². The van der Waals surface area contributed by atoms with Crippen molar-refractivity contribution >= 4 is 21.5 Å². The van der Waals surface area contributed by atoms with Gasteiger partial charge in [0.2, 0.25) is 0 Å². The monoisotopic (exact) mass is 1190 g/mol. The first-order chi connectivity index (χ1) is 44.1. The average molecular weight is 1190 g/mol. The zero-order valence-electron chi connectivity index (χ0n) is 55.6. The van der Waals surface area contributed by atoms with Gasteiger partial charge in [-0.1, -0.05) is 350 Å². The Balaban J connectivity index is 1.14. The van der Waals surface area contributed by atoms with Crippen LogP contribution in [0.4, 0.5) is 0 Å². The Morgan fingerprint density at radius 1 is 0.207 bits per heavy atom. The van der Waals surface area contributed by atoms with Crippen molar-refractivity contribution in [2.75, 3.05) is 0 Å². The maximum absolute atomic E-state index is 2.63. The highest BCUT2D eigenvalue weighted by Crippen LogP contribution is 2.68. The third kappa shape index (κ3) is 9.30. The van der Waals surface area contributed by atoms with Gasteiger partial charge in [0.1, 0.15) is 0 Å². The minimum Gasteiger partial charge on any atom is -0.0622 e. The molecule has 0 atom stereocenters. The smallest absolute Gasteiger partial charge is 0.0622 e. The Morgan fingerprint density at radius 3 is 0.717 bits per heavy atom. The van der Waals surface area contributed by atoms with Crippen LogP contribution in [-0.4, -0.2) is 0 Å². The summed E-state index contributed by atoms with van der Waals surface area (Å²) in [5.74, 6) is 0. The van der Waals surface area contributed by atoms with Gasteiger partial charge in [-0.3, -0.25) is 0 Å². The van der Waals surface area contributed by atoms with Crippen LogP contribution in [-0.2, 0) is 32.5 Å². The minimum atomic E-state index is -0.860. The van der Waals surface area contributed by atoms with Gasteiger partial charge in [-0.15, -0.1) is 0 Å². The van der Waals surface area contributed by atoms with Crippen molar-refractivity contribution in [2.45, 2.75) is 116 Å². The van der Waals surface area contributed by atoms with E-state index in [1.54, 1.807) is 0 Å². The molecule has 0 amide bonds. The Kier molecular flexibility index (Phi) is 13.7. The number of fused-ring (bicyclic) bond motifs is 11. The van der Waals surface area contributed by atoms with E-state index in [0.717, 1.165) is 0 Å². The highest BCUT2D eigenvalue weighted by Gasteiger charge is 2.57. The van der Waals surface area contributed by atoms with Crippen LogP contribution in [0.25, 0.3) is 88.3 Å². The summed E-state index contributed by atoms with van der Waals surface area (Å²) in [7, 11) is 0. The second kappa shape index (κ2) is 21.5. The summed E-state index contributed by atoms with van der Waals surface area (Å²) in [6.45, 7) is 28.1. The molecule has 0 radical (unpaired) electrons.